The minimum absolute atomic E-state index is 0.567. The molecule has 0 amide bonds. The summed E-state index contributed by atoms with van der Waals surface area (Å²) in [4.78, 5) is 12.4. The molecule has 0 radical (unpaired) electrons. The summed E-state index contributed by atoms with van der Waals surface area (Å²) in [6.07, 6.45) is 13.6. The summed E-state index contributed by atoms with van der Waals surface area (Å²) in [5.74, 6) is -0.850. The molecule has 0 heterocycles. The average Bonchev–Trinajstić information content (AvgIpc) is 2.55. The molecule has 0 aromatic rings. The lowest BCUT2D eigenvalue weighted by Gasteiger charge is -2.41. The Bertz CT molecular complexity index is 422. The number of aliphatic hydroxyl groups excluding tert-OH is 1. The van der Waals surface area contributed by atoms with Crippen molar-refractivity contribution >= 4 is 5.97 Å². The summed E-state index contributed by atoms with van der Waals surface area (Å²) in [6.45, 7) is 2.08. The van der Waals surface area contributed by atoms with Gasteiger partial charge in [0.05, 0.1) is 6.10 Å². The highest BCUT2D eigenvalue weighted by molar-refractivity contribution is 5.84. The Hall–Kier alpha value is -1.09. The zero-order chi connectivity index (χ0) is 16.0. The molecule has 0 saturated carbocycles. The van der Waals surface area contributed by atoms with Gasteiger partial charge in [0.15, 0.2) is 0 Å². The van der Waals surface area contributed by atoms with E-state index < -0.39 is 17.5 Å². The molecule has 0 saturated heterocycles. The molecule has 3 heteroatoms. The quantitative estimate of drug-likeness (QED) is 0.675. The molecule has 0 aromatic heterocycles. The Morgan fingerprint density at radius 1 is 1.14 bits per heavy atom. The Kier molecular flexibility index (Phi) is 6.25. The van der Waals surface area contributed by atoms with E-state index in [1.807, 2.05) is 0 Å². The highest BCUT2D eigenvalue weighted by Gasteiger charge is 2.50. The van der Waals surface area contributed by atoms with Crippen LogP contribution in [0.2, 0.25) is 0 Å². The molecule has 22 heavy (non-hydrogen) atoms. The maximum absolute atomic E-state index is 12.4. The van der Waals surface area contributed by atoms with Crippen LogP contribution in [-0.4, -0.2) is 22.3 Å². The zero-order valence-electron chi connectivity index (χ0n) is 13.8. The van der Waals surface area contributed by atoms with Crippen molar-refractivity contribution in [3.8, 4) is 0 Å². The second-order valence-corrected chi connectivity index (χ2v) is 6.72. The third-order valence-corrected chi connectivity index (χ3v) is 5.26. The van der Waals surface area contributed by atoms with E-state index in [1.54, 1.807) is 0 Å². The van der Waals surface area contributed by atoms with Gasteiger partial charge in [-0.05, 0) is 57.8 Å². The molecule has 1 unspecified atom stereocenters. The van der Waals surface area contributed by atoms with Crippen LogP contribution in [0.1, 0.15) is 77.6 Å². The number of unbranched alkanes of at least 4 members (excludes halogenated alkanes) is 1. The van der Waals surface area contributed by atoms with E-state index in [-0.39, 0.29) is 0 Å². The summed E-state index contributed by atoms with van der Waals surface area (Å²) in [6, 6.07) is 0. The van der Waals surface area contributed by atoms with Crippen LogP contribution >= 0.6 is 0 Å². The van der Waals surface area contributed by atoms with Crippen LogP contribution in [0.3, 0.4) is 0 Å². The SMILES string of the molecule is CCCCC(O)C(C(=O)O)(C1=CCCCC1)C1=CCCCC1. The smallest absolute Gasteiger partial charge is 0.320 e. The van der Waals surface area contributed by atoms with Crippen LogP contribution in [0.25, 0.3) is 0 Å². The van der Waals surface area contributed by atoms with Crippen molar-refractivity contribution in [2.75, 3.05) is 0 Å². The van der Waals surface area contributed by atoms with Crippen LogP contribution < -0.4 is 0 Å². The van der Waals surface area contributed by atoms with Crippen molar-refractivity contribution in [1.82, 2.24) is 0 Å². The van der Waals surface area contributed by atoms with Gasteiger partial charge in [-0.25, -0.2) is 0 Å². The van der Waals surface area contributed by atoms with Gasteiger partial charge < -0.3 is 10.2 Å². The first-order valence-electron chi connectivity index (χ1n) is 8.94. The topological polar surface area (TPSA) is 57.5 Å². The number of rotatable bonds is 7. The monoisotopic (exact) mass is 306 g/mol. The number of carbonyl (C=O) groups is 1. The molecule has 2 N–H and O–H groups in total. The number of carboxylic acids is 1. The summed E-state index contributed by atoms with van der Waals surface area (Å²) < 4.78 is 0. The molecular weight excluding hydrogens is 276 g/mol. The fourth-order valence-electron chi connectivity index (χ4n) is 4.06. The first-order chi connectivity index (χ1) is 10.6. The summed E-state index contributed by atoms with van der Waals surface area (Å²) in [7, 11) is 0. The van der Waals surface area contributed by atoms with Gasteiger partial charge in [0.1, 0.15) is 5.41 Å². The van der Waals surface area contributed by atoms with Gasteiger partial charge in [-0.1, -0.05) is 43.1 Å². The van der Waals surface area contributed by atoms with Gasteiger partial charge >= 0.3 is 5.97 Å². The second-order valence-electron chi connectivity index (χ2n) is 6.72. The normalized spacial score (nSPS) is 21.0. The van der Waals surface area contributed by atoms with Crippen molar-refractivity contribution in [1.29, 1.82) is 0 Å². The van der Waals surface area contributed by atoms with E-state index in [1.165, 1.54) is 0 Å². The van der Waals surface area contributed by atoms with Crippen LogP contribution in [0.15, 0.2) is 23.3 Å². The van der Waals surface area contributed by atoms with Gasteiger partial charge in [0, 0.05) is 0 Å². The van der Waals surface area contributed by atoms with Gasteiger partial charge in [-0.3, -0.25) is 4.79 Å². The predicted molar refractivity (Wildman–Crippen MR) is 88.7 cm³/mol. The zero-order valence-corrected chi connectivity index (χ0v) is 13.8. The van der Waals surface area contributed by atoms with Crippen molar-refractivity contribution < 1.29 is 15.0 Å². The lowest BCUT2D eigenvalue weighted by molar-refractivity contribution is -0.150. The molecule has 124 valence electrons. The number of aliphatic carboxylic acids is 1. The molecule has 0 bridgehead atoms. The molecule has 2 rings (SSSR count). The first kappa shape index (κ1) is 17.3. The Morgan fingerprint density at radius 3 is 2.05 bits per heavy atom. The van der Waals surface area contributed by atoms with Crippen LogP contribution in [-0.2, 0) is 4.79 Å². The van der Waals surface area contributed by atoms with E-state index in [9.17, 15) is 15.0 Å². The van der Waals surface area contributed by atoms with Crippen LogP contribution in [0, 0.1) is 5.41 Å². The minimum Gasteiger partial charge on any atom is -0.480 e. The third kappa shape index (κ3) is 3.29. The van der Waals surface area contributed by atoms with E-state index in [0.29, 0.717) is 6.42 Å². The Balaban J connectivity index is 2.45. The van der Waals surface area contributed by atoms with Gasteiger partial charge in [-0.2, -0.15) is 0 Å². The fraction of sp³-hybridized carbons (Fsp3) is 0.737. The predicted octanol–water partition coefficient (Wildman–Crippen LogP) is 4.61. The van der Waals surface area contributed by atoms with Crippen molar-refractivity contribution in [2.45, 2.75) is 83.7 Å². The highest BCUT2D eigenvalue weighted by atomic mass is 16.4. The molecule has 0 fully saturated rings. The van der Waals surface area contributed by atoms with Crippen LogP contribution in [0.4, 0.5) is 0 Å². The molecule has 2 aliphatic carbocycles. The summed E-state index contributed by atoms with van der Waals surface area (Å²) in [5, 5.41) is 21.1. The molecule has 0 spiro atoms. The largest absolute Gasteiger partial charge is 0.480 e. The van der Waals surface area contributed by atoms with E-state index >= 15 is 0 Å². The minimum atomic E-state index is -1.16. The van der Waals surface area contributed by atoms with Gasteiger partial charge in [-0.15, -0.1) is 0 Å². The lowest BCUT2D eigenvalue weighted by atomic mass is 9.63. The van der Waals surface area contributed by atoms with E-state index in [4.69, 9.17) is 0 Å². The molecule has 1 atom stereocenters. The van der Waals surface area contributed by atoms with E-state index in [2.05, 4.69) is 19.1 Å². The fourth-order valence-corrected chi connectivity index (χ4v) is 4.06. The highest BCUT2D eigenvalue weighted by Crippen LogP contribution is 2.48. The number of hydrogen-bond acceptors (Lipinski definition) is 2. The van der Waals surface area contributed by atoms with Crippen molar-refractivity contribution in [2.24, 2.45) is 5.41 Å². The molecule has 2 aliphatic rings. The second kappa shape index (κ2) is 7.96. The van der Waals surface area contributed by atoms with Crippen molar-refractivity contribution in [3.05, 3.63) is 23.3 Å². The first-order valence-corrected chi connectivity index (χ1v) is 8.94. The summed E-state index contributed by atoms with van der Waals surface area (Å²) in [5.41, 5.74) is 0.765. The molecular formula is C19H30O3. The number of hydrogen-bond donors (Lipinski definition) is 2. The van der Waals surface area contributed by atoms with Gasteiger partial charge in [0.2, 0.25) is 0 Å². The van der Waals surface area contributed by atoms with Gasteiger partial charge in [0.25, 0.3) is 0 Å². The third-order valence-electron chi connectivity index (χ3n) is 5.26. The average molecular weight is 306 g/mol. The number of aliphatic hydroxyl groups is 1. The number of carboxylic acid groups (broad SMARTS) is 1. The maximum Gasteiger partial charge on any atom is 0.320 e. The van der Waals surface area contributed by atoms with Crippen molar-refractivity contribution in [3.63, 3.8) is 0 Å². The molecule has 0 aliphatic heterocycles. The van der Waals surface area contributed by atoms with E-state index in [0.717, 1.165) is 75.4 Å². The molecule has 3 nitrogen and oxygen atoms in total. The standard InChI is InChI=1S/C19H30O3/c1-2-3-14-17(20)19(18(21)22,15-10-6-4-7-11-15)16-12-8-5-9-13-16/h10,12,17,20H,2-9,11,13-14H2,1H3,(H,21,22). The Morgan fingerprint density at radius 2 is 1.68 bits per heavy atom. The summed E-state index contributed by atoms with van der Waals surface area (Å²) >= 11 is 0. The molecule has 0 aromatic carbocycles. The Labute approximate surface area is 134 Å². The number of allylic oxidation sites excluding steroid dienone is 2. The maximum atomic E-state index is 12.4. The lowest BCUT2D eigenvalue weighted by Crippen LogP contribution is -2.46. The van der Waals surface area contributed by atoms with Crippen LogP contribution in [0.5, 0.6) is 0 Å².